The number of imide groups is 1. The highest BCUT2D eigenvalue weighted by Gasteiger charge is 2.43. The van der Waals surface area contributed by atoms with E-state index in [1.165, 1.54) is 4.90 Å². The van der Waals surface area contributed by atoms with Crippen molar-refractivity contribution in [1.29, 1.82) is 0 Å². The van der Waals surface area contributed by atoms with Crippen LogP contribution in [0.15, 0.2) is 30.3 Å². The summed E-state index contributed by atoms with van der Waals surface area (Å²) < 4.78 is 11.0. The lowest BCUT2D eigenvalue weighted by molar-refractivity contribution is -0.144. The van der Waals surface area contributed by atoms with Crippen LogP contribution < -0.4 is 11.1 Å². The molecule has 196 valence electrons. The molecule has 0 spiro atoms. The number of nitrogens with two attached hydrogens (primary N) is 1. The van der Waals surface area contributed by atoms with Crippen LogP contribution in [0, 0.1) is 0 Å². The summed E-state index contributed by atoms with van der Waals surface area (Å²) in [4.78, 5) is 65.6. The van der Waals surface area contributed by atoms with Crippen LogP contribution in [0.3, 0.4) is 0 Å². The zero-order chi connectivity index (χ0) is 26.5. The fraction of sp³-hybridized carbons (Fsp3) is 0.560. The van der Waals surface area contributed by atoms with Crippen molar-refractivity contribution in [2.24, 2.45) is 5.73 Å². The average molecular weight is 503 g/mol. The van der Waals surface area contributed by atoms with Gasteiger partial charge < -0.3 is 25.4 Å². The van der Waals surface area contributed by atoms with Crippen LogP contribution in [-0.4, -0.2) is 76.4 Å². The number of primary amides is 1. The van der Waals surface area contributed by atoms with Crippen LogP contribution in [0.2, 0.25) is 0 Å². The topological polar surface area (TPSA) is 148 Å². The first kappa shape index (κ1) is 27.1. The highest BCUT2D eigenvalue weighted by molar-refractivity contribution is 6.01. The molecular formula is C25H34N4O7. The van der Waals surface area contributed by atoms with Crippen LogP contribution in [0.1, 0.15) is 52.0 Å². The second kappa shape index (κ2) is 11.5. The van der Waals surface area contributed by atoms with E-state index in [9.17, 15) is 24.0 Å². The van der Waals surface area contributed by atoms with E-state index in [1.54, 1.807) is 45.0 Å². The molecule has 3 N–H and O–H groups in total. The minimum atomic E-state index is -1.13. The molecule has 0 aliphatic carbocycles. The first-order valence-corrected chi connectivity index (χ1v) is 12.0. The SMILES string of the molecule is CC(C)(C)OC[C@H](NC(=O)[C@@H]1CCC(=O)N1C(=O)OCc1ccccc1)C(=O)N1CCC[C@H]1C(N)=O. The molecule has 1 aromatic rings. The van der Waals surface area contributed by atoms with Crippen LogP contribution >= 0.6 is 0 Å². The number of hydrogen-bond donors (Lipinski definition) is 2. The van der Waals surface area contributed by atoms with Gasteiger partial charge in [-0.25, -0.2) is 9.69 Å². The quantitative estimate of drug-likeness (QED) is 0.540. The lowest BCUT2D eigenvalue weighted by Gasteiger charge is -2.31. The first-order chi connectivity index (χ1) is 17.0. The van der Waals surface area contributed by atoms with Crippen molar-refractivity contribution in [1.82, 2.24) is 15.1 Å². The second-order valence-electron chi connectivity index (χ2n) is 9.93. The maximum absolute atomic E-state index is 13.3. The van der Waals surface area contributed by atoms with E-state index in [2.05, 4.69) is 5.32 Å². The molecule has 3 atom stereocenters. The molecule has 0 bridgehead atoms. The van der Waals surface area contributed by atoms with Crippen molar-refractivity contribution in [2.75, 3.05) is 13.2 Å². The van der Waals surface area contributed by atoms with Gasteiger partial charge >= 0.3 is 6.09 Å². The Kier molecular flexibility index (Phi) is 8.67. The van der Waals surface area contributed by atoms with E-state index < -0.39 is 53.4 Å². The second-order valence-corrected chi connectivity index (χ2v) is 9.93. The summed E-state index contributed by atoms with van der Waals surface area (Å²) in [5.41, 5.74) is 5.59. The molecule has 2 aliphatic heterocycles. The predicted octanol–water partition coefficient (Wildman–Crippen LogP) is 1.09. The van der Waals surface area contributed by atoms with Gasteiger partial charge in [-0.15, -0.1) is 0 Å². The summed E-state index contributed by atoms with van der Waals surface area (Å²) in [6.45, 7) is 5.53. The van der Waals surface area contributed by atoms with Gasteiger partial charge in [-0.1, -0.05) is 30.3 Å². The minimum Gasteiger partial charge on any atom is -0.444 e. The molecule has 0 saturated carbocycles. The zero-order valence-corrected chi connectivity index (χ0v) is 20.9. The molecule has 5 amide bonds. The van der Waals surface area contributed by atoms with Gasteiger partial charge in [-0.2, -0.15) is 0 Å². The zero-order valence-electron chi connectivity index (χ0n) is 20.9. The Morgan fingerprint density at radius 3 is 2.44 bits per heavy atom. The van der Waals surface area contributed by atoms with Crippen molar-refractivity contribution in [2.45, 2.75) is 76.8 Å². The third kappa shape index (κ3) is 6.81. The van der Waals surface area contributed by atoms with Gasteiger partial charge in [0.1, 0.15) is 24.7 Å². The van der Waals surface area contributed by atoms with Gasteiger partial charge in [0.2, 0.25) is 23.6 Å². The van der Waals surface area contributed by atoms with E-state index in [-0.39, 0.29) is 26.1 Å². The summed E-state index contributed by atoms with van der Waals surface area (Å²) in [7, 11) is 0. The monoisotopic (exact) mass is 502 g/mol. The fourth-order valence-corrected chi connectivity index (χ4v) is 4.25. The Bertz CT molecular complexity index is 992. The van der Waals surface area contributed by atoms with Gasteiger partial charge in [-0.05, 0) is 45.6 Å². The van der Waals surface area contributed by atoms with Gasteiger partial charge in [-0.3, -0.25) is 19.2 Å². The molecule has 11 nitrogen and oxygen atoms in total. The number of nitrogens with one attached hydrogen (secondary N) is 1. The predicted molar refractivity (Wildman–Crippen MR) is 128 cm³/mol. The Balaban J connectivity index is 1.72. The molecule has 2 heterocycles. The molecule has 36 heavy (non-hydrogen) atoms. The number of benzene rings is 1. The fourth-order valence-electron chi connectivity index (χ4n) is 4.25. The van der Waals surface area contributed by atoms with Crippen LogP contribution in [0.4, 0.5) is 4.79 Å². The standard InChI is InChI=1S/C25H34N4O7/c1-25(2,3)36-15-17(23(33)28-13-7-10-18(28)21(26)31)27-22(32)19-11-12-20(30)29(19)24(34)35-14-16-8-5-4-6-9-16/h4-6,8-9,17-19H,7,10-15H2,1-3H3,(H2,26,31)(H,27,32)/t17-,18-,19-/m0/s1. The van der Waals surface area contributed by atoms with Crippen molar-refractivity contribution in [3.8, 4) is 0 Å². The number of hydrogen-bond acceptors (Lipinski definition) is 7. The van der Waals surface area contributed by atoms with E-state index in [0.29, 0.717) is 19.4 Å². The number of amides is 5. The molecule has 11 heteroatoms. The molecule has 3 rings (SSSR count). The normalized spacial score (nSPS) is 20.8. The first-order valence-electron chi connectivity index (χ1n) is 12.0. The van der Waals surface area contributed by atoms with E-state index in [4.69, 9.17) is 15.2 Å². The Morgan fingerprint density at radius 1 is 1.11 bits per heavy atom. The lowest BCUT2D eigenvalue weighted by Crippen LogP contribution is -2.58. The van der Waals surface area contributed by atoms with E-state index in [0.717, 1.165) is 10.5 Å². The number of carbonyl (C=O) groups excluding carboxylic acids is 5. The van der Waals surface area contributed by atoms with E-state index >= 15 is 0 Å². The number of rotatable bonds is 8. The van der Waals surface area contributed by atoms with Gasteiger partial charge in [0.15, 0.2) is 0 Å². The van der Waals surface area contributed by atoms with Crippen LogP contribution in [0.5, 0.6) is 0 Å². The molecule has 0 unspecified atom stereocenters. The average Bonchev–Trinajstić information content (AvgIpc) is 3.47. The smallest absolute Gasteiger partial charge is 0.417 e. The number of carbonyl (C=O) groups is 5. The van der Waals surface area contributed by atoms with Crippen LogP contribution in [-0.2, 0) is 35.3 Å². The molecule has 0 radical (unpaired) electrons. The molecule has 2 saturated heterocycles. The molecular weight excluding hydrogens is 468 g/mol. The minimum absolute atomic E-state index is 0.00843. The summed E-state index contributed by atoms with van der Waals surface area (Å²) in [6, 6.07) is 5.93. The Labute approximate surface area is 210 Å². The number of nitrogens with zero attached hydrogens (tertiary/aromatic N) is 2. The van der Waals surface area contributed by atoms with Gasteiger partial charge in [0, 0.05) is 13.0 Å². The largest absolute Gasteiger partial charge is 0.444 e. The number of likely N-dealkylation sites (tertiary alicyclic amines) is 2. The van der Waals surface area contributed by atoms with Crippen molar-refractivity contribution < 1.29 is 33.4 Å². The van der Waals surface area contributed by atoms with E-state index in [1.807, 2.05) is 6.07 Å². The lowest BCUT2D eigenvalue weighted by atomic mass is 10.1. The van der Waals surface area contributed by atoms with Crippen LogP contribution in [0.25, 0.3) is 0 Å². The maximum Gasteiger partial charge on any atom is 0.417 e. The summed E-state index contributed by atoms with van der Waals surface area (Å²) in [5, 5.41) is 2.64. The third-order valence-electron chi connectivity index (χ3n) is 6.08. The van der Waals surface area contributed by atoms with Gasteiger partial charge in [0.25, 0.3) is 0 Å². The van der Waals surface area contributed by atoms with Gasteiger partial charge in [0.05, 0.1) is 12.2 Å². The van der Waals surface area contributed by atoms with Crippen molar-refractivity contribution in [3.05, 3.63) is 35.9 Å². The Hall–Kier alpha value is -3.47. The maximum atomic E-state index is 13.3. The summed E-state index contributed by atoms with van der Waals surface area (Å²) in [6.07, 6.45) is 0.215. The third-order valence-corrected chi connectivity index (χ3v) is 6.08. The number of ether oxygens (including phenoxy) is 2. The molecule has 0 aromatic heterocycles. The summed E-state index contributed by atoms with van der Waals surface area (Å²) >= 11 is 0. The molecule has 2 aliphatic rings. The summed E-state index contributed by atoms with van der Waals surface area (Å²) in [5.74, 6) is -2.33. The van der Waals surface area contributed by atoms with Crippen molar-refractivity contribution >= 4 is 29.7 Å². The Morgan fingerprint density at radius 2 is 1.81 bits per heavy atom. The highest BCUT2D eigenvalue weighted by Crippen LogP contribution is 2.22. The molecule has 2 fully saturated rings. The van der Waals surface area contributed by atoms with Crippen molar-refractivity contribution in [3.63, 3.8) is 0 Å². The highest BCUT2D eigenvalue weighted by atomic mass is 16.6. The molecule has 1 aromatic carbocycles.